The first-order valence-electron chi connectivity index (χ1n) is 6.36. The van der Waals surface area contributed by atoms with Crippen LogP contribution < -0.4 is 5.32 Å². The Kier molecular flexibility index (Phi) is 4.18. The molecule has 1 atom stereocenters. The maximum atomic E-state index is 12.1. The van der Waals surface area contributed by atoms with Crippen molar-refractivity contribution in [3.8, 4) is 5.75 Å². The van der Waals surface area contributed by atoms with E-state index in [1.807, 2.05) is 37.3 Å². The summed E-state index contributed by atoms with van der Waals surface area (Å²) in [4.78, 5) is 12.1. The molecular formula is C16H17NO2. The highest BCUT2D eigenvalue weighted by molar-refractivity contribution is 5.96. The molecule has 0 bridgehead atoms. The van der Waals surface area contributed by atoms with Crippen LogP contribution in [0.2, 0.25) is 0 Å². The largest absolute Gasteiger partial charge is 0.507 e. The second-order valence-corrected chi connectivity index (χ2v) is 4.36. The molecule has 2 aromatic rings. The molecule has 3 nitrogen and oxygen atoms in total. The Bertz CT molecular complexity index is 552. The highest BCUT2D eigenvalue weighted by Gasteiger charge is 2.15. The number of hydrogen-bond acceptors (Lipinski definition) is 2. The number of nitrogens with one attached hydrogen (secondary N) is 1. The molecule has 0 fully saturated rings. The van der Waals surface area contributed by atoms with Crippen molar-refractivity contribution in [3.05, 3.63) is 65.7 Å². The molecule has 0 saturated heterocycles. The highest BCUT2D eigenvalue weighted by atomic mass is 16.3. The second kappa shape index (κ2) is 6.05. The van der Waals surface area contributed by atoms with Crippen molar-refractivity contribution >= 4 is 5.91 Å². The van der Waals surface area contributed by atoms with E-state index in [9.17, 15) is 9.90 Å². The van der Waals surface area contributed by atoms with Gasteiger partial charge in [-0.2, -0.15) is 0 Å². The Hall–Kier alpha value is -2.29. The van der Waals surface area contributed by atoms with Crippen LogP contribution in [0, 0.1) is 0 Å². The average molecular weight is 255 g/mol. The minimum absolute atomic E-state index is 0.00270. The van der Waals surface area contributed by atoms with Gasteiger partial charge in [-0.05, 0) is 24.1 Å². The van der Waals surface area contributed by atoms with E-state index in [2.05, 4.69) is 5.32 Å². The second-order valence-electron chi connectivity index (χ2n) is 4.36. The van der Waals surface area contributed by atoms with E-state index in [0.29, 0.717) is 5.56 Å². The Balaban J connectivity index is 2.16. The zero-order chi connectivity index (χ0) is 13.7. The van der Waals surface area contributed by atoms with E-state index in [4.69, 9.17) is 0 Å². The number of carbonyl (C=O) groups excluding carboxylic acids is 1. The molecule has 0 saturated carbocycles. The van der Waals surface area contributed by atoms with Gasteiger partial charge in [-0.1, -0.05) is 49.4 Å². The summed E-state index contributed by atoms with van der Waals surface area (Å²) in [5.74, 6) is -0.253. The Morgan fingerprint density at radius 2 is 1.74 bits per heavy atom. The molecule has 19 heavy (non-hydrogen) atoms. The van der Waals surface area contributed by atoms with Crippen LogP contribution in [-0.2, 0) is 0 Å². The number of carbonyl (C=O) groups is 1. The minimum Gasteiger partial charge on any atom is -0.507 e. The zero-order valence-electron chi connectivity index (χ0n) is 10.8. The molecule has 0 radical (unpaired) electrons. The van der Waals surface area contributed by atoms with Crippen molar-refractivity contribution in [3.63, 3.8) is 0 Å². The summed E-state index contributed by atoms with van der Waals surface area (Å²) >= 11 is 0. The van der Waals surface area contributed by atoms with Crippen LogP contribution in [0.3, 0.4) is 0 Å². The van der Waals surface area contributed by atoms with Gasteiger partial charge < -0.3 is 10.4 Å². The minimum atomic E-state index is -0.256. The van der Waals surface area contributed by atoms with Crippen LogP contribution in [0.1, 0.15) is 35.3 Å². The molecule has 0 aliphatic carbocycles. The third kappa shape index (κ3) is 3.13. The van der Waals surface area contributed by atoms with E-state index < -0.39 is 0 Å². The van der Waals surface area contributed by atoms with Crippen molar-refractivity contribution in [1.82, 2.24) is 5.32 Å². The first kappa shape index (κ1) is 13.1. The predicted octanol–water partition coefficient (Wildman–Crippen LogP) is 3.27. The number of rotatable bonds is 4. The van der Waals surface area contributed by atoms with Crippen LogP contribution >= 0.6 is 0 Å². The Morgan fingerprint density at radius 3 is 2.37 bits per heavy atom. The topological polar surface area (TPSA) is 49.3 Å². The highest BCUT2D eigenvalue weighted by Crippen LogP contribution is 2.20. The van der Waals surface area contributed by atoms with Crippen molar-refractivity contribution in [2.75, 3.05) is 0 Å². The van der Waals surface area contributed by atoms with Gasteiger partial charge in [0.25, 0.3) is 5.91 Å². The number of aromatic hydroxyl groups is 1. The van der Waals surface area contributed by atoms with E-state index >= 15 is 0 Å². The lowest BCUT2D eigenvalue weighted by Crippen LogP contribution is -2.28. The summed E-state index contributed by atoms with van der Waals surface area (Å²) in [7, 11) is 0. The van der Waals surface area contributed by atoms with Crippen LogP contribution in [0.5, 0.6) is 5.75 Å². The molecule has 0 aromatic heterocycles. The number of phenolic OH excluding ortho intramolecular Hbond substituents is 1. The lowest BCUT2D eigenvalue weighted by molar-refractivity contribution is 0.0933. The number of hydrogen-bond donors (Lipinski definition) is 2. The number of para-hydroxylation sites is 1. The molecule has 1 amide bonds. The van der Waals surface area contributed by atoms with Gasteiger partial charge in [0.05, 0.1) is 11.6 Å². The summed E-state index contributed by atoms with van der Waals surface area (Å²) in [6.07, 6.45) is 0.795. The maximum absolute atomic E-state index is 12.1. The molecule has 0 heterocycles. The van der Waals surface area contributed by atoms with Gasteiger partial charge in [-0.15, -0.1) is 0 Å². The van der Waals surface area contributed by atoms with Crippen LogP contribution in [0.25, 0.3) is 0 Å². The standard InChI is InChI=1S/C16H17NO2/c1-2-14(12-8-4-3-5-9-12)17-16(19)13-10-6-7-11-15(13)18/h3-11,14,18H,2H2,1H3,(H,17,19)/t14-/m1/s1. The predicted molar refractivity (Wildman–Crippen MR) is 75.0 cm³/mol. The molecular weight excluding hydrogens is 238 g/mol. The molecule has 2 N–H and O–H groups in total. The summed E-state index contributed by atoms with van der Waals surface area (Å²) in [6.45, 7) is 2.02. The Labute approximate surface area is 112 Å². The molecule has 0 aliphatic rings. The molecule has 98 valence electrons. The average Bonchev–Trinajstić information content (AvgIpc) is 2.46. The maximum Gasteiger partial charge on any atom is 0.255 e. The van der Waals surface area contributed by atoms with Gasteiger partial charge >= 0.3 is 0 Å². The van der Waals surface area contributed by atoms with Crippen LogP contribution in [0.15, 0.2) is 54.6 Å². The molecule has 3 heteroatoms. The van der Waals surface area contributed by atoms with Crippen molar-refractivity contribution < 1.29 is 9.90 Å². The van der Waals surface area contributed by atoms with Gasteiger partial charge in [0.1, 0.15) is 5.75 Å². The number of benzene rings is 2. The first-order valence-corrected chi connectivity index (χ1v) is 6.36. The van der Waals surface area contributed by atoms with Gasteiger partial charge in [0, 0.05) is 0 Å². The smallest absolute Gasteiger partial charge is 0.255 e. The van der Waals surface area contributed by atoms with E-state index in [-0.39, 0.29) is 17.7 Å². The fourth-order valence-corrected chi connectivity index (χ4v) is 2.01. The number of phenols is 1. The lowest BCUT2D eigenvalue weighted by atomic mass is 10.0. The van der Waals surface area contributed by atoms with Gasteiger partial charge in [0.2, 0.25) is 0 Å². The SMILES string of the molecule is CC[C@@H](NC(=O)c1ccccc1O)c1ccccc1. The quantitative estimate of drug-likeness (QED) is 0.880. The van der Waals surface area contributed by atoms with Crippen LogP contribution in [-0.4, -0.2) is 11.0 Å². The van der Waals surface area contributed by atoms with Crippen LogP contribution in [0.4, 0.5) is 0 Å². The summed E-state index contributed by atoms with van der Waals surface area (Å²) < 4.78 is 0. The zero-order valence-corrected chi connectivity index (χ0v) is 10.8. The van der Waals surface area contributed by atoms with E-state index in [1.165, 1.54) is 6.07 Å². The summed E-state index contributed by atoms with van der Waals surface area (Å²) in [5.41, 5.74) is 1.37. The summed E-state index contributed by atoms with van der Waals surface area (Å²) in [5, 5.41) is 12.6. The molecule has 0 unspecified atom stereocenters. The van der Waals surface area contributed by atoms with Gasteiger partial charge in [-0.3, -0.25) is 4.79 Å². The lowest BCUT2D eigenvalue weighted by Gasteiger charge is -2.17. The monoisotopic (exact) mass is 255 g/mol. The van der Waals surface area contributed by atoms with Gasteiger partial charge in [0.15, 0.2) is 0 Å². The molecule has 2 rings (SSSR count). The third-order valence-corrected chi connectivity index (χ3v) is 3.06. The first-order chi connectivity index (χ1) is 9.22. The van der Waals surface area contributed by atoms with Crippen molar-refractivity contribution in [2.45, 2.75) is 19.4 Å². The van der Waals surface area contributed by atoms with E-state index in [1.54, 1.807) is 18.2 Å². The summed E-state index contributed by atoms with van der Waals surface area (Å²) in [6, 6.07) is 16.3. The van der Waals surface area contributed by atoms with Crippen molar-refractivity contribution in [2.24, 2.45) is 0 Å². The number of amides is 1. The fourth-order valence-electron chi connectivity index (χ4n) is 2.01. The van der Waals surface area contributed by atoms with E-state index in [0.717, 1.165) is 12.0 Å². The third-order valence-electron chi connectivity index (χ3n) is 3.06. The molecule has 0 spiro atoms. The normalized spacial score (nSPS) is 11.8. The van der Waals surface area contributed by atoms with Gasteiger partial charge in [-0.25, -0.2) is 0 Å². The molecule has 2 aromatic carbocycles. The Morgan fingerprint density at radius 1 is 1.11 bits per heavy atom. The fraction of sp³-hybridized carbons (Fsp3) is 0.188. The van der Waals surface area contributed by atoms with Crippen molar-refractivity contribution in [1.29, 1.82) is 0 Å². The molecule has 0 aliphatic heterocycles.